The SMILES string of the molecule is Nc1nc2c(ncn2[C@@H]2O[C@H](C=S)[C@@H](O)[C@H]2O)c(=O)[nH]1. The molecule has 0 unspecified atom stereocenters. The molecule has 3 heterocycles. The summed E-state index contributed by atoms with van der Waals surface area (Å²) in [7, 11) is 0. The highest BCUT2D eigenvalue weighted by atomic mass is 32.1. The van der Waals surface area contributed by atoms with Gasteiger partial charge in [-0.3, -0.25) is 14.3 Å². The molecule has 0 amide bonds. The van der Waals surface area contributed by atoms with Gasteiger partial charge in [0.05, 0.1) is 6.33 Å². The molecule has 10 heteroatoms. The van der Waals surface area contributed by atoms with E-state index in [4.69, 9.17) is 22.7 Å². The van der Waals surface area contributed by atoms with E-state index in [1.54, 1.807) is 0 Å². The minimum Gasteiger partial charge on any atom is -0.387 e. The summed E-state index contributed by atoms with van der Waals surface area (Å²) < 4.78 is 6.78. The van der Waals surface area contributed by atoms with E-state index < -0.39 is 30.1 Å². The highest BCUT2D eigenvalue weighted by Gasteiger charge is 2.43. The smallest absolute Gasteiger partial charge is 0.280 e. The quantitative estimate of drug-likeness (QED) is 0.482. The molecule has 5 N–H and O–H groups in total. The van der Waals surface area contributed by atoms with Crippen molar-refractivity contribution in [3.63, 3.8) is 0 Å². The molecule has 1 saturated heterocycles. The topological polar surface area (TPSA) is 139 Å². The second-order valence-electron chi connectivity index (χ2n) is 4.38. The van der Waals surface area contributed by atoms with Crippen molar-refractivity contribution < 1.29 is 14.9 Å². The number of imidazole rings is 1. The maximum atomic E-state index is 11.7. The number of ether oxygens (including phenoxy) is 1. The lowest BCUT2D eigenvalue weighted by Gasteiger charge is -2.16. The van der Waals surface area contributed by atoms with Crippen LogP contribution in [0.3, 0.4) is 0 Å². The minimum absolute atomic E-state index is 0.0651. The van der Waals surface area contributed by atoms with Crippen molar-refractivity contribution in [1.29, 1.82) is 0 Å². The van der Waals surface area contributed by atoms with Crippen LogP contribution in [0.2, 0.25) is 0 Å². The summed E-state index contributed by atoms with van der Waals surface area (Å²) in [6, 6.07) is 0. The average molecular weight is 297 g/mol. The Morgan fingerprint density at radius 2 is 2.25 bits per heavy atom. The van der Waals surface area contributed by atoms with Crippen LogP contribution in [0.25, 0.3) is 11.2 Å². The second-order valence-corrected chi connectivity index (χ2v) is 4.66. The first-order valence-corrected chi connectivity index (χ1v) is 6.19. The van der Waals surface area contributed by atoms with Gasteiger partial charge in [0.2, 0.25) is 5.95 Å². The van der Waals surface area contributed by atoms with Crippen LogP contribution in [0.5, 0.6) is 0 Å². The van der Waals surface area contributed by atoms with E-state index in [-0.39, 0.29) is 17.1 Å². The molecule has 0 bridgehead atoms. The van der Waals surface area contributed by atoms with Gasteiger partial charge in [0, 0.05) is 5.37 Å². The lowest BCUT2D eigenvalue weighted by atomic mass is 10.1. The Labute approximate surface area is 117 Å². The summed E-state index contributed by atoms with van der Waals surface area (Å²) in [6.07, 6.45) is -2.83. The fourth-order valence-electron chi connectivity index (χ4n) is 2.16. The number of hydrogen-bond acceptors (Lipinski definition) is 8. The normalized spacial score (nSPS) is 29.9. The molecule has 1 aliphatic rings. The van der Waals surface area contributed by atoms with Gasteiger partial charge in [0.25, 0.3) is 5.56 Å². The number of nitrogens with zero attached hydrogens (tertiary/aromatic N) is 3. The summed E-state index contributed by atoms with van der Waals surface area (Å²) in [6.45, 7) is 0. The maximum absolute atomic E-state index is 11.7. The number of anilines is 1. The molecule has 20 heavy (non-hydrogen) atoms. The molecule has 3 rings (SSSR count). The predicted molar refractivity (Wildman–Crippen MR) is 72.1 cm³/mol. The van der Waals surface area contributed by atoms with Crippen molar-refractivity contribution in [3.8, 4) is 0 Å². The van der Waals surface area contributed by atoms with Gasteiger partial charge in [0.15, 0.2) is 17.4 Å². The monoisotopic (exact) mass is 297 g/mol. The zero-order chi connectivity index (χ0) is 14.4. The van der Waals surface area contributed by atoms with E-state index in [0.717, 1.165) is 0 Å². The number of nitrogen functional groups attached to an aromatic ring is 1. The third-order valence-electron chi connectivity index (χ3n) is 3.13. The molecule has 0 radical (unpaired) electrons. The molecule has 4 atom stereocenters. The number of aliphatic hydroxyl groups is 2. The molecule has 1 fully saturated rings. The first-order valence-electron chi connectivity index (χ1n) is 5.72. The van der Waals surface area contributed by atoms with Crippen LogP contribution >= 0.6 is 12.2 Å². The van der Waals surface area contributed by atoms with E-state index in [9.17, 15) is 15.0 Å². The maximum Gasteiger partial charge on any atom is 0.280 e. The van der Waals surface area contributed by atoms with Crippen molar-refractivity contribution in [1.82, 2.24) is 19.5 Å². The molecular weight excluding hydrogens is 286 g/mol. The van der Waals surface area contributed by atoms with Crippen LogP contribution in [-0.4, -0.2) is 53.4 Å². The fraction of sp³-hybridized carbons (Fsp3) is 0.400. The lowest BCUT2D eigenvalue weighted by molar-refractivity contribution is -0.0209. The molecule has 2 aromatic heterocycles. The third kappa shape index (κ3) is 1.81. The van der Waals surface area contributed by atoms with Crippen LogP contribution in [0.15, 0.2) is 11.1 Å². The van der Waals surface area contributed by atoms with Gasteiger partial charge >= 0.3 is 0 Å². The number of aromatic nitrogens is 4. The molecule has 0 spiro atoms. The molecule has 0 aromatic carbocycles. The van der Waals surface area contributed by atoms with E-state index in [1.165, 1.54) is 16.3 Å². The molecular formula is C10H11N5O4S. The summed E-state index contributed by atoms with van der Waals surface area (Å²) >= 11 is 4.72. The number of thiocarbonyl (C=S) groups is 1. The van der Waals surface area contributed by atoms with Crippen molar-refractivity contribution in [2.24, 2.45) is 0 Å². The van der Waals surface area contributed by atoms with Gasteiger partial charge in [-0.2, -0.15) is 4.98 Å². The van der Waals surface area contributed by atoms with Crippen LogP contribution in [0.4, 0.5) is 5.95 Å². The molecule has 0 saturated carbocycles. The molecule has 9 nitrogen and oxygen atoms in total. The Morgan fingerprint density at radius 3 is 2.90 bits per heavy atom. The number of rotatable bonds is 2. The first-order chi connectivity index (χ1) is 9.52. The largest absolute Gasteiger partial charge is 0.387 e. The number of aromatic amines is 1. The van der Waals surface area contributed by atoms with Crippen LogP contribution in [0.1, 0.15) is 6.23 Å². The van der Waals surface area contributed by atoms with E-state index in [2.05, 4.69) is 15.0 Å². The zero-order valence-electron chi connectivity index (χ0n) is 10.0. The number of hydrogen-bond donors (Lipinski definition) is 4. The van der Waals surface area contributed by atoms with Crippen LogP contribution in [0, 0.1) is 0 Å². The highest BCUT2D eigenvalue weighted by Crippen LogP contribution is 2.30. The Bertz CT molecular complexity index is 728. The first kappa shape index (κ1) is 13.1. The predicted octanol–water partition coefficient (Wildman–Crippen LogP) is -1.68. The number of aliphatic hydroxyl groups excluding tert-OH is 2. The van der Waals surface area contributed by atoms with Crippen molar-refractivity contribution >= 4 is 34.7 Å². The van der Waals surface area contributed by atoms with Crippen molar-refractivity contribution in [3.05, 3.63) is 16.7 Å². The van der Waals surface area contributed by atoms with Gasteiger partial charge in [-0.25, -0.2) is 4.98 Å². The van der Waals surface area contributed by atoms with Crippen LogP contribution < -0.4 is 11.3 Å². The van der Waals surface area contributed by atoms with E-state index in [0.29, 0.717) is 0 Å². The fourth-order valence-corrected chi connectivity index (χ4v) is 2.38. The molecule has 2 aromatic rings. The number of fused-ring (bicyclic) bond motifs is 1. The molecule has 1 aliphatic heterocycles. The molecule has 0 aliphatic carbocycles. The standard InChI is InChI=1S/C10H11N5O4S/c11-10-13-7-4(8(18)14-10)12-2-15(7)9-6(17)5(16)3(1-20)19-9/h1-3,5-6,9,16-17H,(H3,11,13,14,18)/t3-,5-,6-,9-/m1/s1. The minimum atomic E-state index is -1.22. The van der Waals surface area contributed by atoms with Gasteiger partial charge in [0.1, 0.15) is 18.3 Å². The Hall–Kier alpha value is -1.88. The zero-order valence-corrected chi connectivity index (χ0v) is 10.8. The van der Waals surface area contributed by atoms with Gasteiger partial charge in [-0.1, -0.05) is 12.2 Å². The molecule has 106 valence electrons. The van der Waals surface area contributed by atoms with E-state index in [1.807, 2.05) is 0 Å². The van der Waals surface area contributed by atoms with E-state index >= 15 is 0 Å². The Morgan fingerprint density at radius 1 is 1.50 bits per heavy atom. The Kier molecular flexibility index (Phi) is 3.01. The lowest BCUT2D eigenvalue weighted by Crippen LogP contribution is -2.31. The summed E-state index contributed by atoms with van der Waals surface area (Å²) in [5.74, 6) is -0.0799. The Balaban J connectivity index is 2.12. The summed E-state index contributed by atoms with van der Waals surface area (Å²) in [5.41, 5.74) is 5.21. The highest BCUT2D eigenvalue weighted by molar-refractivity contribution is 7.79. The van der Waals surface area contributed by atoms with Gasteiger partial charge in [-0.05, 0) is 0 Å². The second kappa shape index (κ2) is 4.59. The number of H-pyrrole nitrogens is 1. The number of nitrogens with two attached hydrogens (primary N) is 1. The van der Waals surface area contributed by atoms with Crippen molar-refractivity contribution in [2.45, 2.75) is 24.5 Å². The average Bonchev–Trinajstić information content (AvgIpc) is 2.93. The summed E-state index contributed by atoms with van der Waals surface area (Å²) in [5, 5.41) is 21.0. The van der Waals surface area contributed by atoms with Crippen molar-refractivity contribution in [2.75, 3.05) is 5.73 Å². The van der Waals surface area contributed by atoms with Crippen LogP contribution in [-0.2, 0) is 4.74 Å². The third-order valence-corrected chi connectivity index (χ3v) is 3.40. The number of nitrogens with one attached hydrogen (secondary N) is 1. The van der Waals surface area contributed by atoms with Gasteiger partial charge < -0.3 is 20.7 Å². The van der Waals surface area contributed by atoms with Gasteiger partial charge in [-0.15, -0.1) is 0 Å². The summed E-state index contributed by atoms with van der Waals surface area (Å²) in [4.78, 5) is 21.9.